The van der Waals surface area contributed by atoms with E-state index >= 15 is 0 Å². The van der Waals surface area contributed by atoms with E-state index in [1.807, 2.05) is 0 Å². The van der Waals surface area contributed by atoms with Crippen LogP contribution in [0.3, 0.4) is 0 Å². The second-order valence-corrected chi connectivity index (χ2v) is 3.72. The Hall–Kier alpha value is -0.570. The van der Waals surface area contributed by atoms with Crippen molar-refractivity contribution < 1.29 is 14.3 Å². The highest BCUT2D eigenvalue weighted by molar-refractivity contribution is 5.77. The van der Waals surface area contributed by atoms with Crippen molar-refractivity contribution in [1.29, 1.82) is 0 Å². The van der Waals surface area contributed by atoms with Gasteiger partial charge in [-0.3, -0.25) is 4.79 Å². The van der Waals surface area contributed by atoms with Crippen molar-refractivity contribution in [2.45, 2.75) is 32.1 Å². The van der Waals surface area contributed by atoms with Crippen molar-refractivity contribution in [2.24, 2.45) is 5.41 Å². The predicted molar refractivity (Wildman–Crippen MR) is 49.4 cm³/mol. The zero-order chi connectivity index (χ0) is 9.73. The maximum atomic E-state index is 11.6. The third-order valence-corrected chi connectivity index (χ3v) is 2.96. The van der Waals surface area contributed by atoms with Crippen LogP contribution in [0.25, 0.3) is 0 Å². The van der Waals surface area contributed by atoms with Crippen molar-refractivity contribution >= 4 is 5.97 Å². The Morgan fingerprint density at radius 3 is 2.38 bits per heavy atom. The molecule has 0 N–H and O–H groups in total. The minimum absolute atomic E-state index is 0.0537. The van der Waals surface area contributed by atoms with Crippen molar-refractivity contribution in [1.82, 2.24) is 0 Å². The van der Waals surface area contributed by atoms with Crippen LogP contribution in [-0.4, -0.2) is 26.8 Å². The Kier molecular flexibility index (Phi) is 3.72. The summed E-state index contributed by atoms with van der Waals surface area (Å²) in [6.07, 6.45) is 5.00. The van der Waals surface area contributed by atoms with E-state index in [2.05, 4.69) is 0 Å². The first-order valence-electron chi connectivity index (χ1n) is 4.82. The van der Waals surface area contributed by atoms with Crippen LogP contribution < -0.4 is 0 Å². The van der Waals surface area contributed by atoms with E-state index in [1.54, 1.807) is 7.11 Å². The number of esters is 1. The number of ether oxygens (including phenoxy) is 2. The smallest absolute Gasteiger partial charge is 0.311 e. The second kappa shape index (κ2) is 4.61. The van der Waals surface area contributed by atoms with Gasteiger partial charge in [-0.2, -0.15) is 0 Å². The van der Waals surface area contributed by atoms with Gasteiger partial charge in [0.05, 0.1) is 12.5 Å². The molecule has 0 spiro atoms. The molecule has 0 heterocycles. The van der Waals surface area contributed by atoms with Crippen LogP contribution in [0.5, 0.6) is 0 Å². The number of carbonyl (C=O) groups is 1. The number of hydrogen-bond acceptors (Lipinski definition) is 3. The van der Waals surface area contributed by atoms with Gasteiger partial charge in [-0.1, -0.05) is 12.8 Å². The van der Waals surface area contributed by atoms with Crippen LogP contribution in [-0.2, 0) is 14.3 Å². The third kappa shape index (κ3) is 2.21. The minimum Gasteiger partial charge on any atom is -0.469 e. The molecule has 0 saturated heterocycles. The molecule has 0 aliphatic heterocycles. The van der Waals surface area contributed by atoms with E-state index in [-0.39, 0.29) is 11.4 Å². The van der Waals surface area contributed by atoms with E-state index in [4.69, 9.17) is 9.47 Å². The molecule has 0 aromatic heterocycles. The van der Waals surface area contributed by atoms with Gasteiger partial charge in [0.15, 0.2) is 0 Å². The molecule has 1 aliphatic rings. The summed E-state index contributed by atoms with van der Waals surface area (Å²) < 4.78 is 9.86. The molecule has 3 heteroatoms. The lowest BCUT2D eigenvalue weighted by Gasteiger charge is -2.25. The highest BCUT2D eigenvalue weighted by Gasteiger charge is 2.41. The predicted octanol–water partition coefficient (Wildman–Crippen LogP) is 1.76. The van der Waals surface area contributed by atoms with E-state index in [0.29, 0.717) is 6.61 Å². The number of rotatable bonds is 4. The maximum absolute atomic E-state index is 11.6. The third-order valence-electron chi connectivity index (χ3n) is 2.96. The lowest BCUT2D eigenvalue weighted by Crippen LogP contribution is -2.30. The summed E-state index contributed by atoms with van der Waals surface area (Å²) in [6.45, 7) is 0.648. The zero-order valence-corrected chi connectivity index (χ0v) is 8.47. The summed E-state index contributed by atoms with van der Waals surface area (Å²) in [5, 5.41) is 0. The molecule has 0 radical (unpaired) electrons. The van der Waals surface area contributed by atoms with Crippen LogP contribution in [0, 0.1) is 5.41 Å². The second-order valence-electron chi connectivity index (χ2n) is 3.72. The Morgan fingerprint density at radius 1 is 1.31 bits per heavy atom. The monoisotopic (exact) mass is 186 g/mol. The van der Waals surface area contributed by atoms with Crippen molar-refractivity contribution in [3.63, 3.8) is 0 Å². The summed E-state index contributed by atoms with van der Waals surface area (Å²) >= 11 is 0. The topological polar surface area (TPSA) is 35.5 Å². The average molecular weight is 186 g/mol. The summed E-state index contributed by atoms with van der Waals surface area (Å²) in [4.78, 5) is 11.6. The first kappa shape index (κ1) is 10.5. The van der Waals surface area contributed by atoms with Crippen LogP contribution in [0.4, 0.5) is 0 Å². The van der Waals surface area contributed by atoms with Gasteiger partial charge >= 0.3 is 5.97 Å². The van der Waals surface area contributed by atoms with Gasteiger partial charge in [-0.25, -0.2) is 0 Å². The van der Waals surface area contributed by atoms with Crippen molar-refractivity contribution in [2.75, 3.05) is 20.8 Å². The molecule has 13 heavy (non-hydrogen) atoms. The van der Waals surface area contributed by atoms with E-state index < -0.39 is 0 Å². The highest BCUT2D eigenvalue weighted by atomic mass is 16.5. The van der Waals surface area contributed by atoms with Gasteiger partial charge in [0.25, 0.3) is 0 Å². The summed E-state index contributed by atoms with van der Waals surface area (Å²) in [6, 6.07) is 0. The standard InChI is InChI=1S/C10H18O3/c1-12-8-7-10(9(11)13-2)5-3-4-6-10/h3-8H2,1-2H3. The van der Waals surface area contributed by atoms with Gasteiger partial charge < -0.3 is 9.47 Å². The molecule has 1 fully saturated rings. The Labute approximate surface area is 79.4 Å². The number of methoxy groups -OCH3 is 2. The lowest BCUT2D eigenvalue weighted by molar-refractivity contribution is -0.153. The highest BCUT2D eigenvalue weighted by Crippen LogP contribution is 2.41. The fourth-order valence-electron chi connectivity index (χ4n) is 2.12. The molecule has 3 nitrogen and oxygen atoms in total. The quantitative estimate of drug-likeness (QED) is 0.627. The molecular formula is C10H18O3. The zero-order valence-electron chi connectivity index (χ0n) is 8.47. The lowest BCUT2D eigenvalue weighted by atomic mass is 9.83. The Balaban J connectivity index is 2.57. The van der Waals surface area contributed by atoms with E-state index in [0.717, 1.165) is 32.1 Å². The molecule has 0 aromatic rings. The molecule has 0 unspecified atom stereocenters. The fraction of sp³-hybridized carbons (Fsp3) is 0.900. The fourth-order valence-corrected chi connectivity index (χ4v) is 2.12. The van der Waals surface area contributed by atoms with Crippen LogP contribution in [0.2, 0.25) is 0 Å². The van der Waals surface area contributed by atoms with Crippen LogP contribution >= 0.6 is 0 Å². The summed E-state index contributed by atoms with van der Waals surface area (Å²) in [7, 11) is 3.13. The largest absolute Gasteiger partial charge is 0.469 e. The van der Waals surface area contributed by atoms with Gasteiger partial charge in [-0.15, -0.1) is 0 Å². The van der Waals surface area contributed by atoms with Crippen molar-refractivity contribution in [3.05, 3.63) is 0 Å². The molecule has 1 rings (SSSR count). The molecule has 0 bridgehead atoms. The SMILES string of the molecule is COCCC1(C(=O)OC)CCCC1. The number of carbonyl (C=O) groups excluding carboxylic acids is 1. The molecule has 0 aromatic carbocycles. The molecule has 1 aliphatic carbocycles. The molecule has 0 atom stereocenters. The van der Waals surface area contributed by atoms with Crippen LogP contribution in [0.15, 0.2) is 0 Å². The minimum atomic E-state index is -0.231. The van der Waals surface area contributed by atoms with Gasteiger partial charge in [0.1, 0.15) is 0 Å². The van der Waals surface area contributed by atoms with E-state index in [9.17, 15) is 4.79 Å². The first-order chi connectivity index (χ1) is 6.25. The normalized spacial score (nSPS) is 20.2. The van der Waals surface area contributed by atoms with Gasteiger partial charge in [0, 0.05) is 13.7 Å². The molecule has 76 valence electrons. The van der Waals surface area contributed by atoms with Gasteiger partial charge in [-0.05, 0) is 19.3 Å². The van der Waals surface area contributed by atoms with Crippen molar-refractivity contribution in [3.8, 4) is 0 Å². The summed E-state index contributed by atoms with van der Waals surface area (Å²) in [5.41, 5.74) is -0.231. The Bertz CT molecular complexity index is 171. The molecule has 0 amide bonds. The van der Waals surface area contributed by atoms with Gasteiger partial charge in [0.2, 0.25) is 0 Å². The molecular weight excluding hydrogens is 168 g/mol. The van der Waals surface area contributed by atoms with Crippen LogP contribution in [0.1, 0.15) is 32.1 Å². The maximum Gasteiger partial charge on any atom is 0.311 e. The number of hydrogen-bond donors (Lipinski definition) is 0. The average Bonchev–Trinajstić information content (AvgIpc) is 2.63. The Morgan fingerprint density at radius 2 is 1.92 bits per heavy atom. The summed E-state index contributed by atoms with van der Waals surface area (Å²) in [5.74, 6) is -0.0537. The molecule has 1 saturated carbocycles. The first-order valence-corrected chi connectivity index (χ1v) is 4.82. The van der Waals surface area contributed by atoms with E-state index in [1.165, 1.54) is 7.11 Å².